The van der Waals surface area contributed by atoms with Crippen molar-refractivity contribution in [3.8, 4) is 11.3 Å². The highest BCUT2D eigenvalue weighted by molar-refractivity contribution is 6.30. The van der Waals surface area contributed by atoms with Gasteiger partial charge < -0.3 is 5.32 Å². The van der Waals surface area contributed by atoms with Crippen LogP contribution in [0, 0.1) is 0 Å². The Morgan fingerprint density at radius 3 is 2.42 bits per heavy atom. The number of hydrogen-bond acceptors (Lipinski definition) is 3. The summed E-state index contributed by atoms with van der Waals surface area (Å²) in [6, 6.07) is 8.38. The lowest BCUT2D eigenvalue weighted by Gasteiger charge is -2.09. The van der Waals surface area contributed by atoms with Gasteiger partial charge >= 0.3 is 6.18 Å². The first-order chi connectivity index (χ1) is 11.4. The first-order valence-corrected chi connectivity index (χ1v) is 7.36. The molecule has 2 heterocycles. The standard InChI is InChI=1S/C16H12ClF3N4/c17-13-5-6-14(22-9-13)21-7-11-8-23-24-15(11)10-1-3-12(4-2-10)16(18,19)20/h1-6,8-9H,7H2,(H,21,22)(H,23,24). The second kappa shape index (κ2) is 6.52. The summed E-state index contributed by atoms with van der Waals surface area (Å²) in [5.41, 5.74) is 1.41. The third-order valence-electron chi connectivity index (χ3n) is 3.41. The Labute approximate surface area is 140 Å². The summed E-state index contributed by atoms with van der Waals surface area (Å²) in [5, 5.41) is 10.4. The van der Waals surface area contributed by atoms with Crippen LogP contribution >= 0.6 is 11.6 Å². The number of nitrogens with one attached hydrogen (secondary N) is 2. The number of H-pyrrole nitrogens is 1. The van der Waals surface area contributed by atoms with Gasteiger partial charge in [-0.05, 0) is 29.8 Å². The summed E-state index contributed by atoms with van der Waals surface area (Å²) in [6.07, 6.45) is -1.21. The Morgan fingerprint density at radius 1 is 1.04 bits per heavy atom. The molecule has 0 bridgehead atoms. The van der Waals surface area contributed by atoms with Gasteiger partial charge in [0.2, 0.25) is 0 Å². The number of alkyl halides is 3. The zero-order chi connectivity index (χ0) is 17.2. The molecule has 0 atom stereocenters. The van der Waals surface area contributed by atoms with Crippen LogP contribution in [0.5, 0.6) is 0 Å². The number of nitrogens with zero attached hydrogens (tertiary/aromatic N) is 2. The van der Waals surface area contributed by atoms with Crippen molar-refractivity contribution >= 4 is 17.4 Å². The van der Waals surface area contributed by atoms with E-state index in [2.05, 4.69) is 20.5 Å². The van der Waals surface area contributed by atoms with Gasteiger partial charge in [-0.15, -0.1) is 0 Å². The summed E-state index contributed by atoms with van der Waals surface area (Å²) in [6.45, 7) is 0.418. The number of hydrogen-bond donors (Lipinski definition) is 2. The lowest BCUT2D eigenvalue weighted by atomic mass is 10.1. The van der Waals surface area contributed by atoms with Crippen molar-refractivity contribution in [2.75, 3.05) is 5.32 Å². The first kappa shape index (κ1) is 16.3. The Kier molecular flexibility index (Phi) is 4.44. The molecule has 0 saturated carbocycles. The van der Waals surface area contributed by atoms with Crippen LogP contribution in [0.3, 0.4) is 0 Å². The van der Waals surface area contributed by atoms with Crippen LogP contribution < -0.4 is 5.32 Å². The second-order valence-electron chi connectivity index (χ2n) is 5.06. The molecule has 0 unspecified atom stereocenters. The number of aromatic amines is 1. The predicted molar refractivity (Wildman–Crippen MR) is 85.6 cm³/mol. The average Bonchev–Trinajstić information content (AvgIpc) is 3.02. The topological polar surface area (TPSA) is 53.6 Å². The van der Waals surface area contributed by atoms with Crippen LogP contribution in [0.4, 0.5) is 19.0 Å². The third kappa shape index (κ3) is 3.68. The molecule has 1 aromatic carbocycles. The molecule has 0 amide bonds. The highest BCUT2D eigenvalue weighted by Gasteiger charge is 2.30. The smallest absolute Gasteiger partial charge is 0.366 e. The fourth-order valence-corrected chi connectivity index (χ4v) is 2.30. The quantitative estimate of drug-likeness (QED) is 0.712. The number of halogens is 4. The first-order valence-electron chi connectivity index (χ1n) is 6.99. The fourth-order valence-electron chi connectivity index (χ4n) is 2.19. The molecule has 8 heteroatoms. The van der Waals surface area contributed by atoms with E-state index in [0.29, 0.717) is 28.6 Å². The van der Waals surface area contributed by atoms with E-state index in [-0.39, 0.29) is 0 Å². The summed E-state index contributed by atoms with van der Waals surface area (Å²) < 4.78 is 37.9. The summed E-state index contributed by atoms with van der Waals surface area (Å²) in [7, 11) is 0. The van der Waals surface area contributed by atoms with E-state index in [0.717, 1.165) is 17.7 Å². The summed E-state index contributed by atoms with van der Waals surface area (Å²) >= 11 is 5.78. The maximum absolute atomic E-state index is 12.6. The van der Waals surface area contributed by atoms with Gasteiger partial charge in [-0.1, -0.05) is 23.7 Å². The van der Waals surface area contributed by atoms with E-state index >= 15 is 0 Å². The maximum atomic E-state index is 12.6. The van der Waals surface area contributed by atoms with Gasteiger partial charge in [0.25, 0.3) is 0 Å². The van der Waals surface area contributed by atoms with Crippen molar-refractivity contribution in [1.29, 1.82) is 0 Å². The van der Waals surface area contributed by atoms with Crippen LogP contribution in [0.1, 0.15) is 11.1 Å². The van der Waals surface area contributed by atoms with Crippen molar-refractivity contribution in [2.24, 2.45) is 0 Å². The highest BCUT2D eigenvalue weighted by atomic mass is 35.5. The maximum Gasteiger partial charge on any atom is 0.416 e. The van der Waals surface area contributed by atoms with Gasteiger partial charge in [-0.3, -0.25) is 5.10 Å². The predicted octanol–water partition coefficient (Wildman–Crippen LogP) is 4.76. The lowest BCUT2D eigenvalue weighted by molar-refractivity contribution is -0.137. The fraction of sp³-hybridized carbons (Fsp3) is 0.125. The molecule has 3 rings (SSSR count). The second-order valence-corrected chi connectivity index (χ2v) is 5.50. The van der Waals surface area contributed by atoms with Gasteiger partial charge in [0.05, 0.1) is 22.5 Å². The third-order valence-corrected chi connectivity index (χ3v) is 3.63. The van der Waals surface area contributed by atoms with Crippen molar-refractivity contribution in [1.82, 2.24) is 15.2 Å². The highest BCUT2D eigenvalue weighted by Crippen LogP contribution is 2.31. The van der Waals surface area contributed by atoms with Crippen LogP contribution in [-0.2, 0) is 12.7 Å². The molecular formula is C16H12ClF3N4. The molecule has 0 fully saturated rings. The van der Waals surface area contributed by atoms with E-state index in [1.54, 1.807) is 18.3 Å². The minimum atomic E-state index is -4.35. The van der Waals surface area contributed by atoms with E-state index in [9.17, 15) is 13.2 Å². The lowest BCUT2D eigenvalue weighted by Crippen LogP contribution is -2.04. The number of pyridine rings is 1. The van der Waals surface area contributed by atoms with E-state index in [1.807, 2.05) is 0 Å². The van der Waals surface area contributed by atoms with Gasteiger partial charge in [0, 0.05) is 18.3 Å². The van der Waals surface area contributed by atoms with Gasteiger partial charge in [-0.2, -0.15) is 18.3 Å². The molecule has 0 radical (unpaired) electrons. The van der Waals surface area contributed by atoms with Crippen molar-refractivity contribution in [2.45, 2.75) is 12.7 Å². The normalized spacial score (nSPS) is 11.5. The van der Waals surface area contributed by atoms with Gasteiger partial charge in [0.1, 0.15) is 5.82 Å². The monoisotopic (exact) mass is 352 g/mol. The van der Waals surface area contributed by atoms with E-state index < -0.39 is 11.7 Å². The van der Waals surface area contributed by atoms with Crippen LogP contribution in [0.25, 0.3) is 11.3 Å². The molecular weight excluding hydrogens is 341 g/mol. The van der Waals surface area contributed by atoms with Gasteiger partial charge in [-0.25, -0.2) is 4.98 Å². The number of rotatable bonds is 4. The molecule has 2 N–H and O–H groups in total. The Bertz CT molecular complexity index is 811. The Hall–Kier alpha value is -2.54. The van der Waals surface area contributed by atoms with Crippen molar-refractivity contribution in [3.63, 3.8) is 0 Å². The molecule has 0 aliphatic heterocycles. The molecule has 0 aliphatic rings. The van der Waals surface area contributed by atoms with E-state index in [4.69, 9.17) is 11.6 Å². The zero-order valence-corrected chi connectivity index (χ0v) is 13.0. The average molecular weight is 353 g/mol. The molecule has 2 aromatic heterocycles. The molecule has 4 nitrogen and oxygen atoms in total. The molecule has 0 spiro atoms. The largest absolute Gasteiger partial charge is 0.416 e. The Morgan fingerprint density at radius 2 is 1.79 bits per heavy atom. The van der Waals surface area contributed by atoms with E-state index in [1.165, 1.54) is 18.3 Å². The van der Waals surface area contributed by atoms with Gasteiger partial charge in [0.15, 0.2) is 0 Å². The van der Waals surface area contributed by atoms with Crippen molar-refractivity contribution < 1.29 is 13.2 Å². The zero-order valence-electron chi connectivity index (χ0n) is 12.2. The molecule has 0 aliphatic carbocycles. The van der Waals surface area contributed by atoms with Crippen LogP contribution in [0.2, 0.25) is 5.02 Å². The number of aromatic nitrogens is 3. The molecule has 3 aromatic rings. The van der Waals surface area contributed by atoms with Crippen molar-refractivity contribution in [3.05, 3.63) is 64.9 Å². The SMILES string of the molecule is FC(F)(F)c1ccc(-c2[nH]ncc2CNc2ccc(Cl)cn2)cc1. The minimum absolute atomic E-state index is 0.418. The summed E-state index contributed by atoms with van der Waals surface area (Å²) in [5.74, 6) is 0.638. The summed E-state index contributed by atoms with van der Waals surface area (Å²) in [4.78, 5) is 4.12. The molecule has 0 saturated heterocycles. The number of benzene rings is 1. The number of anilines is 1. The molecule has 24 heavy (non-hydrogen) atoms. The van der Waals surface area contributed by atoms with Crippen LogP contribution in [-0.4, -0.2) is 15.2 Å². The minimum Gasteiger partial charge on any atom is -0.366 e. The van der Waals surface area contributed by atoms with Crippen LogP contribution in [0.15, 0.2) is 48.8 Å². The molecule has 124 valence electrons. The Balaban J connectivity index is 1.76.